The van der Waals surface area contributed by atoms with Crippen molar-refractivity contribution in [3.63, 3.8) is 0 Å². The van der Waals surface area contributed by atoms with Crippen LogP contribution in [0.3, 0.4) is 0 Å². The lowest BCUT2D eigenvalue weighted by Gasteiger charge is -2.41. The lowest BCUT2D eigenvalue weighted by Crippen LogP contribution is -2.64. The number of benzene rings is 1. The van der Waals surface area contributed by atoms with E-state index in [4.69, 9.17) is 0 Å². The van der Waals surface area contributed by atoms with Gasteiger partial charge in [-0.05, 0) is 75.2 Å². The largest absolute Gasteiger partial charge is 0.344 e. The third-order valence-electron chi connectivity index (χ3n) is 11.1. The molecule has 3 aliphatic rings. The summed E-state index contributed by atoms with van der Waals surface area (Å²) in [5.74, 6) is -4.08. The number of fused-ring (bicyclic) bond motifs is 2. The Morgan fingerprint density at radius 2 is 1.50 bits per heavy atom. The maximum absolute atomic E-state index is 14.7. The zero-order valence-electron chi connectivity index (χ0n) is 32.8. The van der Waals surface area contributed by atoms with Crippen molar-refractivity contribution >= 4 is 45.3 Å². The summed E-state index contributed by atoms with van der Waals surface area (Å²) in [4.78, 5) is 84.3. The van der Waals surface area contributed by atoms with Gasteiger partial charge in [0, 0.05) is 6.04 Å². The van der Waals surface area contributed by atoms with E-state index >= 15 is 0 Å². The second-order valence-corrected chi connectivity index (χ2v) is 18.3. The Morgan fingerprint density at radius 1 is 0.852 bits per heavy atom. The summed E-state index contributed by atoms with van der Waals surface area (Å²) in [5.41, 5.74) is 0.0214. The van der Waals surface area contributed by atoms with Gasteiger partial charge < -0.3 is 26.2 Å². The van der Waals surface area contributed by atoms with E-state index in [0.717, 1.165) is 37.5 Å². The molecule has 0 aromatic heterocycles. The third kappa shape index (κ3) is 10.9. The molecule has 54 heavy (non-hydrogen) atoms. The van der Waals surface area contributed by atoms with Crippen LogP contribution in [0.2, 0.25) is 0 Å². The lowest BCUT2D eigenvalue weighted by atomic mass is 9.81. The first kappa shape index (κ1) is 42.9. The van der Waals surface area contributed by atoms with Gasteiger partial charge >= 0.3 is 0 Å². The highest BCUT2D eigenvalue weighted by Gasteiger charge is 2.54. The molecule has 8 atom stereocenters. The molecule has 2 saturated carbocycles. The fourth-order valence-electron chi connectivity index (χ4n) is 8.26. The van der Waals surface area contributed by atoms with Gasteiger partial charge in [0.25, 0.3) is 5.91 Å². The van der Waals surface area contributed by atoms with Gasteiger partial charge in [-0.1, -0.05) is 83.7 Å². The van der Waals surface area contributed by atoms with Crippen molar-refractivity contribution in [2.75, 3.05) is 6.26 Å². The van der Waals surface area contributed by atoms with Gasteiger partial charge in [-0.2, -0.15) is 0 Å². The number of nitrogens with one attached hydrogen (secondary N) is 5. The number of likely N-dealkylation sites (tertiary alicyclic amines) is 1. The van der Waals surface area contributed by atoms with Crippen LogP contribution in [0, 0.1) is 17.3 Å². The van der Waals surface area contributed by atoms with Crippen molar-refractivity contribution in [2.24, 2.45) is 17.3 Å². The first-order valence-corrected chi connectivity index (χ1v) is 21.3. The molecular weight excluding hydrogens is 713 g/mol. The van der Waals surface area contributed by atoms with Crippen LogP contribution in [0.15, 0.2) is 30.3 Å². The average Bonchev–Trinajstić information content (AvgIpc) is 3.74. The van der Waals surface area contributed by atoms with Crippen LogP contribution in [0.25, 0.3) is 0 Å². The standard InChI is InChI=1S/C39H60N6O8S/c1-8-15-29(32(46)37(50)40-23(2)25-16-11-9-12-17-25)41-36(49)31-27-20-21-28(22-27)45(31)38(51)33(39(4,5)6)43-35(48)30(26-18-13-10-14-19-26)42-34(47)24(3)44-54(7,52)53/h9,11-12,16-17,23-24,26-31,33,44H,8,10,13-15,18-22H2,1-7H3,(H,40,50)(H,41,49)(H,42,47)(H,43,48). The van der Waals surface area contributed by atoms with Crippen LogP contribution in [0.5, 0.6) is 0 Å². The number of carbonyl (C=O) groups excluding carboxylic acids is 6. The van der Waals surface area contributed by atoms with Crippen molar-refractivity contribution in [1.82, 2.24) is 30.9 Å². The summed E-state index contributed by atoms with van der Waals surface area (Å²) in [7, 11) is -3.69. The van der Waals surface area contributed by atoms with Gasteiger partial charge in [0.2, 0.25) is 39.4 Å². The highest BCUT2D eigenvalue weighted by Crippen LogP contribution is 2.44. The minimum atomic E-state index is -3.69. The van der Waals surface area contributed by atoms with Gasteiger partial charge in [-0.25, -0.2) is 13.1 Å². The summed E-state index contributed by atoms with van der Waals surface area (Å²) in [6.07, 6.45) is 7.81. The molecule has 1 aromatic carbocycles. The summed E-state index contributed by atoms with van der Waals surface area (Å²) < 4.78 is 25.9. The molecular formula is C39H60N6O8S. The molecule has 1 saturated heterocycles. The van der Waals surface area contributed by atoms with Gasteiger partial charge in [0.05, 0.1) is 24.4 Å². The number of carbonyl (C=O) groups is 6. The van der Waals surface area contributed by atoms with Gasteiger partial charge in [0.15, 0.2) is 0 Å². The molecule has 4 rings (SSSR count). The van der Waals surface area contributed by atoms with Crippen LogP contribution in [0.4, 0.5) is 0 Å². The Hall–Kier alpha value is -3.85. The van der Waals surface area contributed by atoms with Crippen molar-refractivity contribution in [3.8, 4) is 0 Å². The molecule has 14 nitrogen and oxygen atoms in total. The maximum atomic E-state index is 14.7. The van der Waals surface area contributed by atoms with E-state index in [0.29, 0.717) is 32.1 Å². The molecule has 5 amide bonds. The number of rotatable bonds is 16. The smallest absolute Gasteiger partial charge is 0.290 e. The predicted molar refractivity (Wildman–Crippen MR) is 204 cm³/mol. The number of ketones is 1. The van der Waals surface area contributed by atoms with E-state index in [9.17, 15) is 37.2 Å². The molecule has 1 aromatic rings. The van der Waals surface area contributed by atoms with E-state index in [-0.39, 0.29) is 24.3 Å². The first-order chi connectivity index (χ1) is 25.3. The second kappa shape index (κ2) is 18.2. The number of Topliss-reactive ketones (excluding diaryl/α,β-unsaturated/α-hetero) is 1. The summed E-state index contributed by atoms with van der Waals surface area (Å²) in [6.45, 7) is 10.5. The molecule has 0 radical (unpaired) electrons. The number of hydrogen-bond acceptors (Lipinski definition) is 8. The van der Waals surface area contributed by atoms with E-state index in [1.807, 2.05) is 58.0 Å². The molecule has 300 valence electrons. The van der Waals surface area contributed by atoms with Gasteiger partial charge in [-0.3, -0.25) is 28.8 Å². The average molecular weight is 773 g/mol. The fourth-order valence-corrected chi connectivity index (χ4v) is 9.01. The molecule has 0 spiro atoms. The number of nitrogens with zero attached hydrogens (tertiary/aromatic N) is 1. The molecule has 1 heterocycles. The second-order valence-electron chi connectivity index (χ2n) is 16.5. The first-order valence-electron chi connectivity index (χ1n) is 19.4. The van der Waals surface area contributed by atoms with Crippen molar-refractivity contribution in [3.05, 3.63) is 35.9 Å². The fraction of sp³-hybridized carbons (Fsp3) is 0.692. The third-order valence-corrected chi connectivity index (χ3v) is 11.9. The zero-order chi connectivity index (χ0) is 40.0. The van der Waals surface area contributed by atoms with Crippen LogP contribution in [-0.2, 0) is 38.8 Å². The monoisotopic (exact) mass is 772 g/mol. The van der Waals surface area contributed by atoms with Gasteiger partial charge in [0.1, 0.15) is 18.1 Å². The zero-order valence-corrected chi connectivity index (χ0v) is 33.6. The van der Waals surface area contributed by atoms with E-state index < -0.39 is 87.0 Å². The Kier molecular flexibility index (Phi) is 14.4. The molecule has 2 bridgehead atoms. The Morgan fingerprint density at radius 3 is 2.09 bits per heavy atom. The molecule has 3 fully saturated rings. The van der Waals surface area contributed by atoms with Crippen LogP contribution in [-0.4, -0.2) is 91.1 Å². The Labute approximate surface area is 320 Å². The van der Waals surface area contributed by atoms with Crippen molar-refractivity contribution < 1.29 is 37.2 Å². The van der Waals surface area contributed by atoms with Crippen LogP contribution in [0.1, 0.15) is 117 Å². The number of amides is 5. The summed E-state index contributed by atoms with van der Waals surface area (Å²) in [5, 5.41) is 11.3. The van der Waals surface area contributed by atoms with E-state index in [1.165, 1.54) is 6.92 Å². The number of sulfonamides is 1. The summed E-state index contributed by atoms with van der Waals surface area (Å²) >= 11 is 0. The van der Waals surface area contributed by atoms with Gasteiger partial charge in [-0.15, -0.1) is 0 Å². The lowest BCUT2D eigenvalue weighted by molar-refractivity contribution is -0.149. The minimum Gasteiger partial charge on any atom is -0.344 e. The predicted octanol–water partition coefficient (Wildman–Crippen LogP) is 2.63. The molecule has 1 aliphatic heterocycles. The summed E-state index contributed by atoms with van der Waals surface area (Å²) in [6, 6.07) is 3.37. The number of piperidine rings is 1. The van der Waals surface area contributed by atoms with Crippen molar-refractivity contribution in [2.45, 2.75) is 148 Å². The molecule has 8 unspecified atom stereocenters. The number of hydrogen-bond donors (Lipinski definition) is 5. The normalized spacial score (nSPS) is 23.0. The van der Waals surface area contributed by atoms with Crippen molar-refractivity contribution in [1.29, 1.82) is 0 Å². The highest BCUT2D eigenvalue weighted by atomic mass is 32.2. The molecule has 2 aliphatic carbocycles. The molecule has 15 heteroatoms. The Bertz CT molecular complexity index is 1640. The van der Waals surface area contributed by atoms with E-state index in [2.05, 4.69) is 26.0 Å². The minimum absolute atomic E-state index is 0.155. The highest BCUT2D eigenvalue weighted by molar-refractivity contribution is 7.88. The quantitative estimate of drug-likeness (QED) is 0.158. The molecule has 5 N–H and O–H groups in total. The van der Waals surface area contributed by atoms with Crippen LogP contribution < -0.4 is 26.0 Å². The van der Waals surface area contributed by atoms with Crippen LogP contribution >= 0.6 is 0 Å². The maximum Gasteiger partial charge on any atom is 0.290 e. The SMILES string of the molecule is CCCC(NC(=O)C1C2CCC(C2)N1C(=O)C(NC(=O)C(NC(=O)C(C)NS(C)(=O)=O)C1CCCCC1)C(C)(C)C)C(=O)C(=O)NC(C)c1ccccc1. The Balaban J connectivity index is 1.53. The van der Waals surface area contributed by atoms with E-state index in [1.54, 1.807) is 11.8 Å². The topological polar surface area (TPSA) is 200 Å².